The van der Waals surface area contributed by atoms with Gasteiger partial charge in [0.25, 0.3) is 0 Å². The highest BCUT2D eigenvalue weighted by Gasteiger charge is 2.27. The van der Waals surface area contributed by atoms with Gasteiger partial charge in [0.05, 0.1) is 20.8 Å². The Kier molecular flexibility index (Phi) is 6.60. The molecule has 0 radical (unpaired) electrons. The maximum atomic E-state index is 12.8. The Balaban J connectivity index is 2.15. The summed E-state index contributed by atoms with van der Waals surface area (Å²) >= 11 is 0. The molecule has 0 fully saturated rings. The molecule has 10 heteroatoms. The molecule has 2 amide bonds. The third kappa shape index (κ3) is 4.78. The number of hydrogen-bond donors (Lipinski definition) is 2. The van der Waals surface area contributed by atoms with Crippen LogP contribution in [0, 0.1) is 0 Å². The zero-order valence-corrected chi connectivity index (χ0v) is 16.4. The highest BCUT2D eigenvalue weighted by molar-refractivity contribution is 7.89. The summed E-state index contributed by atoms with van der Waals surface area (Å²) in [6.45, 7) is -0.430. The van der Waals surface area contributed by atoms with E-state index in [1.54, 1.807) is 6.07 Å². The van der Waals surface area contributed by atoms with Gasteiger partial charge >= 0.3 is 0 Å². The lowest BCUT2D eigenvalue weighted by Crippen LogP contribution is -2.35. The minimum absolute atomic E-state index is 0.115. The molecule has 28 heavy (non-hydrogen) atoms. The van der Waals surface area contributed by atoms with Crippen molar-refractivity contribution in [2.45, 2.75) is 4.90 Å². The Bertz CT molecular complexity index is 973. The van der Waals surface area contributed by atoms with Gasteiger partial charge in [0.15, 0.2) is 0 Å². The van der Waals surface area contributed by atoms with Gasteiger partial charge in [0, 0.05) is 24.4 Å². The number of nitrogens with two attached hydrogens (primary N) is 1. The number of anilines is 1. The maximum Gasteiger partial charge on any atom is 0.248 e. The standard InChI is InChI=1S/C18H21N3O6S/c1-21(11-17(22)20-13-6-4-12(5-7-13)18(19)23)28(24,25)16-10-14(26-2)8-9-15(16)27-3/h4-10H,11H2,1-3H3,(H2,19,23)(H,20,22). The van der Waals surface area contributed by atoms with E-state index in [4.69, 9.17) is 15.2 Å². The quantitative estimate of drug-likeness (QED) is 0.673. The average Bonchev–Trinajstić information content (AvgIpc) is 2.67. The molecule has 2 aromatic rings. The van der Waals surface area contributed by atoms with Crippen LogP contribution in [0.1, 0.15) is 10.4 Å². The van der Waals surface area contributed by atoms with Crippen molar-refractivity contribution in [3.8, 4) is 11.5 Å². The van der Waals surface area contributed by atoms with Gasteiger partial charge in [-0.25, -0.2) is 8.42 Å². The van der Waals surface area contributed by atoms with Gasteiger partial charge in [-0.05, 0) is 36.4 Å². The van der Waals surface area contributed by atoms with E-state index in [-0.39, 0.29) is 10.6 Å². The number of hydrogen-bond acceptors (Lipinski definition) is 6. The van der Waals surface area contributed by atoms with E-state index in [9.17, 15) is 18.0 Å². The molecule has 3 N–H and O–H groups in total. The summed E-state index contributed by atoms with van der Waals surface area (Å²) in [4.78, 5) is 23.2. The molecule has 0 unspecified atom stereocenters. The average molecular weight is 407 g/mol. The van der Waals surface area contributed by atoms with Crippen molar-refractivity contribution in [1.82, 2.24) is 4.31 Å². The number of carbonyl (C=O) groups excluding carboxylic acids is 2. The number of nitrogens with one attached hydrogen (secondary N) is 1. The second-order valence-electron chi connectivity index (χ2n) is 5.77. The zero-order valence-electron chi connectivity index (χ0n) is 15.6. The third-order valence-electron chi connectivity index (χ3n) is 3.88. The number of rotatable bonds is 8. The summed E-state index contributed by atoms with van der Waals surface area (Å²) in [6, 6.07) is 10.3. The fourth-order valence-corrected chi connectivity index (χ4v) is 3.65. The van der Waals surface area contributed by atoms with Crippen LogP contribution >= 0.6 is 0 Å². The fourth-order valence-electron chi connectivity index (χ4n) is 2.36. The number of amides is 2. The van der Waals surface area contributed by atoms with Crippen LogP contribution in [0.25, 0.3) is 0 Å². The summed E-state index contributed by atoms with van der Waals surface area (Å²) in [5, 5.41) is 2.56. The summed E-state index contributed by atoms with van der Waals surface area (Å²) < 4.78 is 36.8. The molecule has 2 aromatic carbocycles. The number of methoxy groups -OCH3 is 2. The smallest absolute Gasteiger partial charge is 0.248 e. The number of nitrogens with zero attached hydrogens (tertiary/aromatic N) is 1. The van der Waals surface area contributed by atoms with Gasteiger partial charge in [-0.15, -0.1) is 0 Å². The summed E-state index contributed by atoms with van der Waals surface area (Å²) in [5.41, 5.74) is 5.86. The van der Waals surface area contributed by atoms with Crippen molar-refractivity contribution in [3.63, 3.8) is 0 Å². The van der Waals surface area contributed by atoms with Crippen molar-refractivity contribution >= 4 is 27.5 Å². The second kappa shape index (κ2) is 8.72. The molecule has 0 aliphatic carbocycles. The normalized spacial score (nSPS) is 11.1. The van der Waals surface area contributed by atoms with E-state index < -0.39 is 28.4 Å². The Morgan fingerprint density at radius 2 is 1.71 bits per heavy atom. The molecule has 9 nitrogen and oxygen atoms in total. The van der Waals surface area contributed by atoms with Crippen LogP contribution in [0.2, 0.25) is 0 Å². The van der Waals surface area contributed by atoms with E-state index in [2.05, 4.69) is 5.32 Å². The first-order valence-corrected chi connectivity index (χ1v) is 9.51. The third-order valence-corrected chi connectivity index (χ3v) is 5.70. The Hall–Kier alpha value is -3.11. The highest BCUT2D eigenvalue weighted by atomic mass is 32.2. The fraction of sp³-hybridized carbons (Fsp3) is 0.222. The van der Waals surface area contributed by atoms with Gasteiger partial charge in [0.2, 0.25) is 21.8 Å². The van der Waals surface area contributed by atoms with E-state index in [0.29, 0.717) is 17.0 Å². The number of primary amides is 1. The molecule has 0 saturated carbocycles. The van der Waals surface area contributed by atoms with Crippen LogP contribution in [0.5, 0.6) is 11.5 Å². The number of sulfonamides is 1. The van der Waals surface area contributed by atoms with Gasteiger partial charge < -0.3 is 20.5 Å². The minimum Gasteiger partial charge on any atom is -0.497 e. The minimum atomic E-state index is -4.01. The Labute approximate surface area is 163 Å². The monoisotopic (exact) mass is 407 g/mol. The van der Waals surface area contributed by atoms with E-state index in [0.717, 1.165) is 4.31 Å². The molecule has 0 heterocycles. The van der Waals surface area contributed by atoms with Crippen LogP contribution in [-0.2, 0) is 14.8 Å². The lowest BCUT2D eigenvalue weighted by molar-refractivity contribution is -0.116. The molecule has 0 aliphatic heterocycles. The summed E-state index contributed by atoms with van der Waals surface area (Å²) in [7, 11) is 0.0345. The van der Waals surface area contributed by atoms with Crippen molar-refractivity contribution in [1.29, 1.82) is 0 Å². The first-order valence-electron chi connectivity index (χ1n) is 8.07. The van der Waals surface area contributed by atoms with Crippen molar-refractivity contribution in [2.75, 3.05) is 33.1 Å². The number of carbonyl (C=O) groups is 2. The largest absolute Gasteiger partial charge is 0.497 e. The summed E-state index contributed by atoms with van der Waals surface area (Å²) in [5.74, 6) is -0.669. The predicted molar refractivity (Wildman–Crippen MR) is 103 cm³/mol. The molecule has 0 aliphatic rings. The van der Waals surface area contributed by atoms with E-state index in [1.807, 2.05) is 0 Å². The predicted octanol–water partition coefficient (Wildman–Crippen LogP) is 1.06. The van der Waals surface area contributed by atoms with E-state index >= 15 is 0 Å². The molecular weight excluding hydrogens is 386 g/mol. The zero-order chi connectivity index (χ0) is 20.9. The molecule has 2 rings (SSSR count). The molecule has 0 spiro atoms. The van der Waals surface area contributed by atoms with Crippen LogP contribution < -0.4 is 20.5 Å². The van der Waals surface area contributed by atoms with Crippen LogP contribution in [0.3, 0.4) is 0 Å². The molecule has 150 valence electrons. The molecule has 0 saturated heterocycles. The van der Waals surface area contributed by atoms with Crippen molar-refractivity contribution < 1.29 is 27.5 Å². The molecular formula is C18H21N3O6S. The van der Waals surface area contributed by atoms with Crippen molar-refractivity contribution in [2.24, 2.45) is 5.73 Å². The second-order valence-corrected chi connectivity index (χ2v) is 7.78. The number of benzene rings is 2. The van der Waals surface area contributed by atoms with Gasteiger partial charge in [-0.2, -0.15) is 4.31 Å². The molecule has 0 aromatic heterocycles. The van der Waals surface area contributed by atoms with Gasteiger partial charge in [0.1, 0.15) is 16.4 Å². The topological polar surface area (TPSA) is 128 Å². The lowest BCUT2D eigenvalue weighted by atomic mass is 10.2. The number of ether oxygens (including phenoxy) is 2. The highest BCUT2D eigenvalue weighted by Crippen LogP contribution is 2.30. The molecule has 0 bridgehead atoms. The van der Waals surface area contributed by atoms with Crippen LogP contribution in [-0.4, -0.2) is 52.3 Å². The van der Waals surface area contributed by atoms with Gasteiger partial charge in [-0.1, -0.05) is 0 Å². The van der Waals surface area contributed by atoms with Crippen LogP contribution in [0.15, 0.2) is 47.4 Å². The number of likely N-dealkylation sites (N-methyl/N-ethyl adjacent to an activating group) is 1. The van der Waals surface area contributed by atoms with Crippen molar-refractivity contribution in [3.05, 3.63) is 48.0 Å². The lowest BCUT2D eigenvalue weighted by Gasteiger charge is -2.19. The Morgan fingerprint density at radius 1 is 1.07 bits per heavy atom. The van der Waals surface area contributed by atoms with E-state index in [1.165, 1.54) is 57.7 Å². The van der Waals surface area contributed by atoms with Gasteiger partial charge in [-0.3, -0.25) is 9.59 Å². The maximum absolute atomic E-state index is 12.8. The molecule has 0 atom stereocenters. The Morgan fingerprint density at radius 3 is 2.25 bits per heavy atom. The first kappa shape index (κ1) is 21.2. The first-order chi connectivity index (χ1) is 13.2. The SMILES string of the molecule is COc1ccc(OC)c(S(=O)(=O)N(C)CC(=O)Nc2ccc(C(N)=O)cc2)c1. The summed E-state index contributed by atoms with van der Waals surface area (Å²) in [6.07, 6.45) is 0. The van der Waals surface area contributed by atoms with Crippen LogP contribution in [0.4, 0.5) is 5.69 Å².